The molecule has 2 aliphatic rings. The first-order valence-corrected chi connectivity index (χ1v) is 11.4. The molecule has 2 aromatic rings. The fourth-order valence-corrected chi connectivity index (χ4v) is 4.93. The van der Waals surface area contributed by atoms with Crippen molar-refractivity contribution in [1.29, 1.82) is 0 Å². The Kier molecular flexibility index (Phi) is 6.52. The first-order chi connectivity index (χ1) is 15.1. The minimum absolute atomic E-state index is 0.0332. The van der Waals surface area contributed by atoms with Gasteiger partial charge >= 0.3 is 6.18 Å². The number of rotatable bonds is 4. The number of carbonyl (C=O) groups is 1. The van der Waals surface area contributed by atoms with Crippen LogP contribution in [0, 0.1) is 17.7 Å². The van der Waals surface area contributed by atoms with E-state index in [2.05, 4.69) is 12.0 Å². The standard InChI is InChI=1S/C23H26ClF4N3O/c1-14-2-4-15(5-3-14)10-21(32)30-9-8-18-20(13-30)31(29-22(18)23(26,27)28)12-16-6-7-17(24)11-19(16)25/h6-7,11,14-15H,2-5,8-10,12-13H2,1H3. The number of alkyl halides is 3. The van der Waals surface area contributed by atoms with E-state index in [1.807, 2.05) is 0 Å². The highest BCUT2D eigenvalue weighted by atomic mass is 35.5. The van der Waals surface area contributed by atoms with Gasteiger partial charge in [-0.05, 0) is 43.2 Å². The lowest BCUT2D eigenvalue weighted by Crippen LogP contribution is -2.38. The van der Waals surface area contributed by atoms with E-state index in [4.69, 9.17) is 11.6 Å². The number of hydrogen-bond acceptors (Lipinski definition) is 2. The summed E-state index contributed by atoms with van der Waals surface area (Å²) in [6.07, 6.45) is 0.136. The van der Waals surface area contributed by atoms with Crippen LogP contribution >= 0.6 is 11.6 Å². The molecule has 0 radical (unpaired) electrons. The van der Waals surface area contributed by atoms with E-state index >= 15 is 0 Å². The third-order valence-electron chi connectivity index (χ3n) is 6.69. The molecule has 4 rings (SSSR count). The van der Waals surface area contributed by atoms with E-state index in [1.165, 1.54) is 16.8 Å². The number of amides is 1. The Morgan fingerprint density at radius 2 is 1.94 bits per heavy atom. The molecule has 1 saturated carbocycles. The van der Waals surface area contributed by atoms with Crippen LogP contribution in [0.5, 0.6) is 0 Å². The van der Waals surface area contributed by atoms with Crippen LogP contribution in [0.4, 0.5) is 17.6 Å². The monoisotopic (exact) mass is 471 g/mol. The molecule has 4 nitrogen and oxygen atoms in total. The second-order valence-electron chi connectivity index (χ2n) is 9.06. The Morgan fingerprint density at radius 3 is 2.59 bits per heavy atom. The molecule has 0 atom stereocenters. The maximum Gasteiger partial charge on any atom is 0.435 e. The van der Waals surface area contributed by atoms with Gasteiger partial charge in [0.2, 0.25) is 5.91 Å². The summed E-state index contributed by atoms with van der Waals surface area (Å²) in [5.41, 5.74) is -0.339. The molecule has 1 aliphatic carbocycles. The molecular weight excluding hydrogens is 446 g/mol. The first kappa shape index (κ1) is 23.1. The zero-order valence-electron chi connectivity index (χ0n) is 17.9. The molecule has 1 aliphatic heterocycles. The predicted molar refractivity (Wildman–Crippen MR) is 113 cm³/mol. The average molecular weight is 472 g/mol. The number of carbonyl (C=O) groups excluding carboxylic acids is 1. The van der Waals surface area contributed by atoms with Crippen LogP contribution in [0.25, 0.3) is 0 Å². The van der Waals surface area contributed by atoms with E-state index < -0.39 is 17.7 Å². The Labute approximate surface area is 189 Å². The van der Waals surface area contributed by atoms with Gasteiger partial charge in [0.25, 0.3) is 0 Å². The third-order valence-corrected chi connectivity index (χ3v) is 6.93. The van der Waals surface area contributed by atoms with Gasteiger partial charge in [0.05, 0.1) is 18.8 Å². The summed E-state index contributed by atoms with van der Waals surface area (Å²) in [5.74, 6) is 0.376. The lowest BCUT2D eigenvalue weighted by molar-refractivity contribution is -0.142. The second kappa shape index (κ2) is 9.04. The lowest BCUT2D eigenvalue weighted by atomic mass is 9.81. The van der Waals surface area contributed by atoms with Crippen molar-refractivity contribution in [3.8, 4) is 0 Å². The zero-order valence-corrected chi connectivity index (χ0v) is 18.6. The summed E-state index contributed by atoms with van der Waals surface area (Å²) in [6, 6.07) is 4.05. The van der Waals surface area contributed by atoms with Crippen molar-refractivity contribution in [2.75, 3.05) is 6.54 Å². The number of benzene rings is 1. The molecule has 0 unspecified atom stereocenters. The van der Waals surface area contributed by atoms with Gasteiger partial charge < -0.3 is 4.90 Å². The highest BCUT2D eigenvalue weighted by Crippen LogP contribution is 2.36. The van der Waals surface area contributed by atoms with Crippen LogP contribution in [0.3, 0.4) is 0 Å². The van der Waals surface area contributed by atoms with Crippen molar-refractivity contribution in [1.82, 2.24) is 14.7 Å². The van der Waals surface area contributed by atoms with Crippen LogP contribution in [-0.2, 0) is 30.5 Å². The summed E-state index contributed by atoms with van der Waals surface area (Å²) in [5, 5.41) is 4.00. The van der Waals surface area contributed by atoms with Crippen molar-refractivity contribution < 1.29 is 22.4 Å². The minimum Gasteiger partial charge on any atom is -0.336 e. The molecule has 2 heterocycles. The molecular formula is C23H26ClF4N3O. The van der Waals surface area contributed by atoms with Gasteiger partial charge in [-0.15, -0.1) is 0 Å². The predicted octanol–water partition coefficient (Wildman–Crippen LogP) is 5.84. The third kappa shape index (κ3) is 4.95. The molecule has 1 amide bonds. The smallest absolute Gasteiger partial charge is 0.336 e. The van der Waals surface area contributed by atoms with Crippen molar-refractivity contribution in [2.24, 2.45) is 11.8 Å². The van der Waals surface area contributed by atoms with E-state index in [1.54, 1.807) is 4.90 Å². The van der Waals surface area contributed by atoms with Crippen LogP contribution in [0.2, 0.25) is 5.02 Å². The number of aromatic nitrogens is 2. The molecule has 0 N–H and O–H groups in total. The number of nitrogens with zero attached hydrogens (tertiary/aromatic N) is 3. The molecule has 32 heavy (non-hydrogen) atoms. The summed E-state index contributed by atoms with van der Waals surface area (Å²) in [6.45, 7) is 2.34. The largest absolute Gasteiger partial charge is 0.435 e. The quantitative estimate of drug-likeness (QED) is 0.525. The van der Waals surface area contributed by atoms with Crippen molar-refractivity contribution in [2.45, 2.75) is 64.7 Å². The Morgan fingerprint density at radius 1 is 1.22 bits per heavy atom. The maximum atomic E-state index is 14.3. The Bertz CT molecular complexity index is 996. The molecule has 1 fully saturated rings. The topological polar surface area (TPSA) is 38.1 Å². The van der Waals surface area contributed by atoms with Gasteiger partial charge in [0.1, 0.15) is 5.82 Å². The van der Waals surface area contributed by atoms with Crippen molar-refractivity contribution in [3.05, 3.63) is 51.6 Å². The van der Waals surface area contributed by atoms with Gasteiger partial charge in [-0.2, -0.15) is 18.3 Å². The molecule has 1 aromatic carbocycles. The second-order valence-corrected chi connectivity index (χ2v) is 9.50. The fourth-order valence-electron chi connectivity index (χ4n) is 4.77. The van der Waals surface area contributed by atoms with Gasteiger partial charge in [0.15, 0.2) is 5.69 Å². The maximum absolute atomic E-state index is 14.3. The Balaban J connectivity index is 1.56. The average Bonchev–Trinajstić information content (AvgIpc) is 3.10. The van der Waals surface area contributed by atoms with Crippen molar-refractivity contribution in [3.63, 3.8) is 0 Å². The molecule has 0 saturated heterocycles. The molecule has 1 aromatic heterocycles. The highest BCUT2D eigenvalue weighted by Gasteiger charge is 2.41. The highest BCUT2D eigenvalue weighted by molar-refractivity contribution is 6.30. The molecule has 9 heteroatoms. The van der Waals surface area contributed by atoms with Gasteiger partial charge in [-0.3, -0.25) is 9.48 Å². The van der Waals surface area contributed by atoms with E-state index in [0.717, 1.165) is 31.7 Å². The molecule has 0 bridgehead atoms. The van der Waals surface area contributed by atoms with E-state index in [-0.39, 0.29) is 48.1 Å². The fraction of sp³-hybridized carbons (Fsp3) is 0.565. The molecule has 174 valence electrons. The number of hydrogen-bond donors (Lipinski definition) is 0. The van der Waals surface area contributed by atoms with Gasteiger partial charge in [-0.1, -0.05) is 37.4 Å². The molecule has 0 spiro atoms. The van der Waals surface area contributed by atoms with Gasteiger partial charge in [-0.25, -0.2) is 4.39 Å². The normalized spacial score (nSPS) is 21.5. The minimum atomic E-state index is -4.61. The summed E-state index contributed by atoms with van der Waals surface area (Å²) in [7, 11) is 0. The summed E-state index contributed by atoms with van der Waals surface area (Å²) in [4.78, 5) is 14.5. The van der Waals surface area contributed by atoms with Crippen LogP contribution < -0.4 is 0 Å². The zero-order chi connectivity index (χ0) is 23.0. The van der Waals surface area contributed by atoms with Crippen LogP contribution in [0.15, 0.2) is 18.2 Å². The SMILES string of the molecule is CC1CCC(CC(=O)N2CCc3c(C(F)(F)F)nn(Cc4ccc(Cl)cc4F)c3C2)CC1. The van der Waals surface area contributed by atoms with E-state index in [9.17, 15) is 22.4 Å². The van der Waals surface area contributed by atoms with E-state index in [0.29, 0.717) is 24.0 Å². The van der Waals surface area contributed by atoms with Crippen LogP contribution in [-0.4, -0.2) is 27.1 Å². The number of halogens is 5. The first-order valence-electron chi connectivity index (χ1n) is 11.0. The Hall–Kier alpha value is -2.09. The lowest BCUT2D eigenvalue weighted by Gasteiger charge is -2.31. The number of fused-ring (bicyclic) bond motifs is 1. The van der Waals surface area contributed by atoms with Gasteiger partial charge in [0, 0.05) is 29.1 Å². The summed E-state index contributed by atoms with van der Waals surface area (Å²) >= 11 is 5.79. The van der Waals surface area contributed by atoms with Crippen LogP contribution in [0.1, 0.15) is 61.5 Å². The van der Waals surface area contributed by atoms with Crippen molar-refractivity contribution >= 4 is 17.5 Å². The summed E-state index contributed by atoms with van der Waals surface area (Å²) < 4.78 is 56.3.